The lowest BCUT2D eigenvalue weighted by Gasteiger charge is -2.03. The summed E-state index contributed by atoms with van der Waals surface area (Å²) < 4.78 is 5.08. The smallest absolute Gasteiger partial charge is 0.346 e. The van der Waals surface area contributed by atoms with Crippen molar-refractivity contribution in [3.63, 3.8) is 0 Å². The first-order valence-electron chi connectivity index (χ1n) is 9.81. The molecule has 0 aliphatic rings. The molecule has 0 aliphatic carbocycles. The van der Waals surface area contributed by atoms with Crippen LogP contribution in [0.15, 0.2) is 78.8 Å². The van der Waals surface area contributed by atoms with E-state index in [9.17, 15) is 19.7 Å². The van der Waals surface area contributed by atoms with Gasteiger partial charge in [0, 0.05) is 30.9 Å². The molecule has 162 valence electrons. The number of Topliss-reactive ketones (excluding diaryl/α,β-unsaturated/α-hetero) is 1. The van der Waals surface area contributed by atoms with Gasteiger partial charge in [-0.1, -0.05) is 36.4 Å². The largest absolute Gasteiger partial charge is 0.431 e. The molecule has 0 saturated carbocycles. The van der Waals surface area contributed by atoms with Crippen LogP contribution in [0.1, 0.15) is 29.4 Å². The number of nitrogens with zero attached hydrogens (tertiary/aromatic N) is 2. The molecule has 1 N–H and O–H groups in total. The predicted octanol–water partition coefficient (Wildman–Crippen LogP) is 4.18. The summed E-state index contributed by atoms with van der Waals surface area (Å²) in [4.78, 5) is 41.8. The molecule has 1 aromatic heterocycles. The van der Waals surface area contributed by atoms with Crippen LogP contribution in [0.3, 0.4) is 0 Å². The second kappa shape index (κ2) is 10.6. The second-order valence-corrected chi connectivity index (χ2v) is 6.98. The average Bonchev–Trinajstić information content (AvgIpc) is 3.29. The number of benzene rings is 2. The minimum Gasteiger partial charge on any atom is -0.431 e. The molecule has 8 heteroatoms. The number of esters is 1. The molecule has 0 radical (unpaired) electrons. The second-order valence-electron chi connectivity index (χ2n) is 6.98. The van der Waals surface area contributed by atoms with Crippen molar-refractivity contribution >= 4 is 23.5 Å². The number of ether oxygens (including phenoxy) is 1. The standard InChI is InChI=1S/C24H21N3O5/c1-17(28)22(15-20-4-2-6-21(14-20)27(30)31)24(29)32-13-3-5-18-7-9-19(10-8-18)16-23-25-11-12-26-23/h2-4,6-15H,5,16H2,1H3,(H,25,26). The number of H-pyrrole nitrogens is 1. The molecule has 0 atom stereocenters. The minimum atomic E-state index is -0.825. The lowest BCUT2D eigenvalue weighted by atomic mass is 10.1. The van der Waals surface area contributed by atoms with Crippen LogP contribution in [0.25, 0.3) is 6.08 Å². The van der Waals surface area contributed by atoms with Crippen LogP contribution in [0.5, 0.6) is 0 Å². The zero-order valence-electron chi connectivity index (χ0n) is 17.4. The van der Waals surface area contributed by atoms with Gasteiger partial charge in [0.25, 0.3) is 5.69 Å². The van der Waals surface area contributed by atoms with Crippen molar-refractivity contribution in [2.45, 2.75) is 19.8 Å². The molecule has 0 amide bonds. The Hall–Kier alpha value is -4.33. The maximum Gasteiger partial charge on any atom is 0.346 e. The summed E-state index contributed by atoms with van der Waals surface area (Å²) in [5.74, 6) is -0.430. The molecular weight excluding hydrogens is 410 g/mol. The Bertz CT molecular complexity index is 1160. The number of allylic oxidation sites excluding steroid dienone is 1. The van der Waals surface area contributed by atoms with E-state index in [0.29, 0.717) is 18.4 Å². The normalized spacial score (nSPS) is 11.5. The summed E-state index contributed by atoms with van der Waals surface area (Å²) in [5, 5.41) is 10.9. The number of nitrogens with one attached hydrogen (secondary N) is 1. The molecule has 0 unspecified atom stereocenters. The quantitative estimate of drug-likeness (QED) is 0.103. The van der Waals surface area contributed by atoms with Gasteiger partial charge in [-0.05, 0) is 42.2 Å². The fourth-order valence-corrected chi connectivity index (χ4v) is 2.94. The zero-order chi connectivity index (χ0) is 22.9. The number of nitro groups is 1. The molecule has 32 heavy (non-hydrogen) atoms. The number of non-ortho nitro benzene ring substituents is 1. The van der Waals surface area contributed by atoms with Crippen LogP contribution >= 0.6 is 0 Å². The molecule has 3 rings (SSSR count). The summed E-state index contributed by atoms with van der Waals surface area (Å²) in [5.41, 5.74) is 2.18. The average molecular weight is 431 g/mol. The van der Waals surface area contributed by atoms with Gasteiger partial charge in [0.15, 0.2) is 5.78 Å². The number of imidazole rings is 1. The van der Waals surface area contributed by atoms with E-state index in [4.69, 9.17) is 4.74 Å². The number of ketones is 1. The highest BCUT2D eigenvalue weighted by atomic mass is 16.6. The van der Waals surface area contributed by atoms with E-state index < -0.39 is 16.7 Å². The lowest BCUT2D eigenvalue weighted by Crippen LogP contribution is -2.11. The van der Waals surface area contributed by atoms with Gasteiger partial charge in [0.1, 0.15) is 11.4 Å². The Kier molecular flexibility index (Phi) is 7.42. The molecular formula is C24H21N3O5. The minimum absolute atomic E-state index is 0.134. The first-order valence-corrected chi connectivity index (χ1v) is 9.81. The highest BCUT2D eigenvalue weighted by Gasteiger charge is 2.16. The van der Waals surface area contributed by atoms with Gasteiger partial charge in [-0.25, -0.2) is 9.78 Å². The maximum atomic E-state index is 12.3. The topological polar surface area (TPSA) is 115 Å². The van der Waals surface area contributed by atoms with E-state index in [0.717, 1.165) is 17.0 Å². The third-order valence-electron chi connectivity index (χ3n) is 4.57. The Morgan fingerprint density at radius 1 is 1.16 bits per heavy atom. The summed E-state index contributed by atoms with van der Waals surface area (Å²) in [6.07, 6.45) is 8.94. The van der Waals surface area contributed by atoms with E-state index in [1.807, 2.05) is 24.3 Å². The molecule has 0 fully saturated rings. The monoisotopic (exact) mass is 431 g/mol. The number of hydrogen-bond donors (Lipinski definition) is 1. The van der Waals surface area contributed by atoms with Gasteiger partial charge in [0.2, 0.25) is 0 Å². The first-order chi connectivity index (χ1) is 15.4. The van der Waals surface area contributed by atoms with Crippen molar-refractivity contribution in [2.24, 2.45) is 0 Å². The zero-order valence-corrected chi connectivity index (χ0v) is 17.4. The van der Waals surface area contributed by atoms with E-state index in [2.05, 4.69) is 9.97 Å². The molecule has 8 nitrogen and oxygen atoms in total. The number of aromatic nitrogens is 2. The third kappa shape index (κ3) is 6.33. The number of carbonyl (C=O) groups is 2. The van der Waals surface area contributed by atoms with Gasteiger partial charge < -0.3 is 9.72 Å². The highest BCUT2D eigenvalue weighted by Crippen LogP contribution is 2.17. The Morgan fingerprint density at radius 3 is 2.56 bits per heavy atom. The number of hydrogen-bond acceptors (Lipinski definition) is 6. The molecule has 3 aromatic rings. The van der Waals surface area contributed by atoms with E-state index in [1.54, 1.807) is 24.5 Å². The summed E-state index contributed by atoms with van der Waals surface area (Å²) >= 11 is 0. The molecule has 0 bridgehead atoms. The van der Waals surface area contributed by atoms with Gasteiger partial charge >= 0.3 is 5.97 Å². The highest BCUT2D eigenvalue weighted by molar-refractivity contribution is 6.19. The van der Waals surface area contributed by atoms with Gasteiger partial charge in [0.05, 0.1) is 11.2 Å². The summed E-state index contributed by atoms with van der Waals surface area (Å²) in [7, 11) is 0. The number of aromatic amines is 1. The van der Waals surface area contributed by atoms with Crippen LogP contribution < -0.4 is 0 Å². The summed E-state index contributed by atoms with van der Waals surface area (Å²) in [6.45, 7) is 1.23. The Morgan fingerprint density at radius 2 is 1.91 bits per heavy atom. The van der Waals surface area contributed by atoms with Crippen LogP contribution in [0.4, 0.5) is 5.69 Å². The number of rotatable bonds is 9. The van der Waals surface area contributed by atoms with Crippen molar-refractivity contribution in [3.8, 4) is 0 Å². The van der Waals surface area contributed by atoms with Crippen LogP contribution in [0, 0.1) is 10.1 Å². The Balaban J connectivity index is 1.58. The van der Waals surface area contributed by atoms with Gasteiger partial charge in [-0.3, -0.25) is 14.9 Å². The fraction of sp³-hybridized carbons (Fsp3) is 0.125. The SMILES string of the molecule is CC(=O)C(=Cc1cccc([N+](=O)[O-])c1)C(=O)OC=CCc1ccc(Cc2ncc[nH]2)cc1. The first kappa shape index (κ1) is 22.4. The van der Waals surface area contributed by atoms with Crippen LogP contribution in [-0.2, 0) is 27.2 Å². The maximum absolute atomic E-state index is 12.3. The van der Waals surface area contributed by atoms with Gasteiger partial charge in [-0.15, -0.1) is 0 Å². The van der Waals surface area contributed by atoms with E-state index >= 15 is 0 Å². The molecule has 1 heterocycles. The number of nitro benzene ring substituents is 1. The molecule has 0 saturated heterocycles. The third-order valence-corrected chi connectivity index (χ3v) is 4.57. The van der Waals surface area contributed by atoms with Gasteiger partial charge in [-0.2, -0.15) is 0 Å². The fourth-order valence-electron chi connectivity index (χ4n) is 2.94. The lowest BCUT2D eigenvalue weighted by molar-refractivity contribution is -0.384. The molecule has 2 aromatic carbocycles. The Labute approximate surface area is 184 Å². The number of carbonyl (C=O) groups excluding carboxylic acids is 2. The van der Waals surface area contributed by atoms with Crippen molar-refractivity contribution in [1.82, 2.24) is 9.97 Å². The summed E-state index contributed by atoms with van der Waals surface area (Å²) in [6, 6.07) is 13.6. The van der Waals surface area contributed by atoms with Crippen molar-refractivity contribution in [3.05, 3.63) is 111 Å². The van der Waals surface area contributed by atoms with Crippen molar-refractivity contribution in [1.29, 1.82) is 0 Å². The van der Waals surface area contributed by atoms with E-state index in [1.165, 1.54) is 37.5 Å². The van der Waals surface area contributed by atoms with Crippen molar-refractivity contribution < 1.29 is 19.2 Å². The van der Waals surface area contributed by atoms with E-state index in [-0.39, 0.29) is 11.3 Å². The molecule has 0 spiro atoms. The molecule has 0 aliphatic heterocycles. The van der Waals surface area contributed by atoms with Crippen molar-refractivity contribution in [2.75, 3.05) is 0 Å². The van der Waals surface area contributed by atoms with Crippen LogP contribution in [0.2, 0.25) is 0 Å². The van der Waals surface area contributed by atoms with Crippen LogP contribution in [-0.4, -0.2) is 26.6 Å². The predicted molar refractivity (Wildman–Crippen MR) is 119 cm³/mol.